The van der Waals surface area contributed by atoms with Crippen molar-refractivity contribution in [2.75, 3.05) is 26.3 Å². The smallest absolute Gasteiger partial charge is 0.318 e. The topological polar surface area (TPSA) is 71.1 Å². The first-order chi connectivity index (χ1) is 16.6. The lowest BCUT2D eigenvalue weighted by atomic mass is 9.76. The molecule has 4 aliphatic heterocycles. The highest BCUT2D eigenvalue weighted by Crippen LogP contribution is 2.46. The number of nitrogens with zero attached hydrogens (tertiary/aromatic N) is 2. The zero-order valence-electron chi connectivity index (χ0n) is 19.5. The van der Waals surface area contributed by atoms with Crippen molar-refractivity contribution in [1.82, 2.24) is 15.1 Å². The van der Waals surface area contributed by atoms with Crippen molar-refractivity contribution in [3.05, 3.63) is 59.2 Å². The molecule has 7 heteroatoms. The van der Waals surface area contributed by atoms with Crippen LogP contribution in [-0.2, 0) is 11.2 Å². The molecule has 4 heterocycles. The Morgan fingerprint density at radius 2 is 1.85 bits per heavy atom. The number of rotatable bonds is 2. The highest BCUT2D eigenvalue weighted by atomic mass is 16.6. The number of hydrogen-bond acceptors (Lipinski definition) is 4. The first-order valence-corrected chi connectivity index (χ1v) is 12.4. The molecule has 2 saturated heterocycles. The molecule has 3 amide bonds. The summed E-state index contributed by atoms with van der Waals surface area (Å²) < 4.78 is 11.6. The Morgan fingerprint density at radius 3 is 2.65 bits per heavy atom. The van der Waals surface area contributed by atoms with Crippen LogP contribution < -0.4 is 14.8 Å². The molecule has 0 spiro atoms. The average Bonchev–Trinajstić information content (AvgIpc) is 2.87. The van der Waals surface area contributed by atoms with Crippen molar-refractivity contribution in [1.29, 1.82) is 0 Å². The van der Waals surface area contributed by atoms with Gasteiger partial charge < -0.3 is 24.6 Å². The summed E-state index contributed by atoms with van der Waals surface area (Å²) in [6.45, 7) is 4.51. The minimum absolute atomic E-state index is 0.0340. The van der Waals surface area contributed by atoms with Crippen molar-refractivity contribution in [3.63, 3.8) is 0 Å². The van der Waals surface area contributed by atoms with Gasteiger partial charge in [0.1, 0.15) is 13.2 Å². The van der Waals surface area contributed by atoms with E-state index >= 15 is 0 Å². The summed E-state index contributed by atoms with van der Waals surface area (Å²) in [6, 6.07) is 13.9. The molecule has 6 rings (SSSR count). The molecule has 0 saturated carbocycles. The molecule has 7 nitrogen and oxygen atoms in total. The first-order valence-electron chi connectivity index (χ1n) is 12.4. The van der Waals surface area contributed by atoms with Gasteiger partial charge in [0.25, 0.3) is 0 Å². The van der Waals surface area contributed by atoms with Crippen LogP contribution >= 0.6 is 0 Å². The van der Waals surface area contributed by atoms with E-state index in [0.29, 0.717) is 19.8 Å². The zero-order valence-corrected chi connectivity index (χ0v) is 19.5. The van der Waals surface area contributed by atoms with Crippen LogP contribution in [0.25, 0.3) is 0 Å². The number of carbonyl (C=O) groups excluding carboxylic acids is 2. The first kappa shape index (κ1) is 21.3. The lowest BCUT2D eigenvalue weighted by Crippen LogP contribution is -2.61. The Labute approximate surface area is 200 Å². The minimum atomic E-state index is -0.124. The predicted octanol–water partition coefficient (Wildman–Crippen LogP) is 3.84. The molecule has 2 aromatic rings. The van der Waals surface area contributed by atoms with E-state index in [1.807, 2.05) is 47.1 Å². The number of hydrogen-bond donors (Lipinski definition) is 1. The van der Waals surface area contributed by atoms with Gasteiger partial charge in [-0.2, -0.15) is 0 Å². The molecule has 0 bridgehead atoms. The average molecular weight is 462 g/mol. The normalized spacial score (nSPS) is 26.1. The van der Waals surface area contributed by atoms with Crippen molar-refractivity contribution < 1.29 is 19.1 Å². The van der Waals surface area contributed by atoms with Crippen LogP contribution in [0.3, 0.4) is 0 Å². The second-order valence-electron chi connectivity index (χ2n) is 9.82. The van der Waals surface area contributed by atoms with Gasteiger partial charge in [-0.15, -0.1) is 0 Å². The maximum absolute atomic E-state index is 13.6. The molecule has 2 fully saturated rings. The van der Waals surface area contributed by atoms with Crippen molar-refractivity contribution in [2.45, 2.75) is 50.7 Å². The van der Waals surface area contributed by atoms with Gasteiger partial charge in [0, 0.05) is 19.1 Å². The van der Waals surface area contributed by atoms with E-state index in [-0.39, 0.29) is 36.0 Å². The number of carbonyl (C=O) groups is 2. The Balaban J connectivity index is 1.27. The summed E-state index contributed by atoms with van der Waals surface area (Å²) in [5.74, 6) is 1.63. The number of ether oxygens (including phenoxy) is 2. The van der Waals surface area contributed by atoms with E-state index in [0.717, 1.165) is 54.9 Å². The highest BCUT2D eigenvalue weighted by Gasteiger charge is 2.49. The summed E-state index contributed by atoms with van der Waals surface area (Å²) in [5, 5.41) is 3.17. The zero-order chi connectivity index (χ0) is 23.2. The Morgan fingerprint density at radius 1 is 1.09 bits per heavy atom. The van der Waals surface area contributed by atoms with Gasteiger partial charge in [-0.1, -0.05) is 30.3 Å². The highest BCUT2D eigenvalue weighted by molar-refractivity contribution is 5.84. The van der Waals surface area contributed by atoms with Crippen LogP contribution in [0, 0.1) is 5.92 Å². The number of benzene rings is 2. The monoisotopic (exact) mass is 461 g/mol. The molecule has 0 radical (unpaired) electrons. The molecule has 0 aliphatic carbocycles. The van der Waals surface area contributed by atoms with E-state index < -0.39 is 0 Å². The predicted molar refractivity (Wildman–Crippen MR) is 127 cm³/mol. The van der Waals surface area contributed by atoms with Gasteiger partial charge in [-0.3, -0.25) is 4.79 Å². The molecular weight excluding hydrogens is 430 g/mol. The molecule has 34 heavy (non-hydrogen) atoms. The standard InChI is InChI=1S/C27H31N3O4/c1-17(18-6-3-2-4-7-18)28-27(32)30-10-5-8-20-22(30)16-23-21-15-25-24(33-12-13-34-25)14-19(21)9-11-29(23)26(20)31/h2-4,6-7,14-15,17,20,22-23H,5,8-13,16H2,1H3,(H,28,32)/t17-,20-,22-,23+/m1/s1. The Hall–Kier alpha value is -3.22. The third kappa shape index (κ3) is 3.58. The number of urea groups is 1. The Kier molecular flexibility index (Phi) is 5.35. The number of likely N-dealkylation sites (tertiary alicyclic amines) is 1. The second-order valence-corrected chi connectivity index (χ2v) is 9.82. The summed E-state index contributed by atoms with van der Waals surface area (Å²) in [6.07, 6.45) is 3.28. The number of piperidine rings is 2. The van der Waals surface area contributed by atoms with Gasteiger partial charge in [0.05, 0.1) is 18.0 Å². The fourth-order valence-electron chi connectivity index (χ4n) is 6.18. The second kappa shape index (κ2) is 8.53. The molecule has 0 aromatic heterocycles. The van der Waals surface area contributed by atoms with Gasteiger partial charge in [0.2, 0.25) is 5.91 Å². The minimum Gasteiger partial charge on any atom is -0.486 e. The van der Waals surface area contributed by atoms with Crippen LogP contribution in [0.15, 0.2) is 42.5 Å². The summed E-state index contributed by atoms with van der Waals surface area (Å²) >= 11 is 0. The lowest BCUT2D eigenvalue weighted by molar-refractivity contribution is -0.148. The lowest BCUT2D eigenvalue weighted by Gasteiger charge is -2.51. The van der Waals surface area contributed by atoms with Crippen LogP contribution in [0.1, 0.15) is 55.0 Å². The van der Waals surface area contributed by atoms with E-state index in [1.165, 1.54) is 5.56 Å². The largest absolute Gasteiger partial charge is 0.486 e. The Bertz CT molecular complexity index is 1100. The van der Waals surface area contributed by atoms with Gasteiger partial charge in [-0.25, -0.2) is 4.79 Å². The maximum atomic E-state index is 13.6. The van der Waals surface area contributed by atoms with Crippen molar-refractivity contribution >= 4 is 11.9 Å². The third-order valence-corrected chi connectivity index (χ3v) is 7.91. The molecule has 4 atom stereocenters. The van der Waals surface area contributed by atoms with Crippen LogP contribution in [0.2, 0.25) is 0 Å². The summed E-state index contributed by atoms with van der Waals surface area (Å²) in [7, 11) is 0. The van der Waals surface area contributed by atoms with Crippen molar-refractivity contribution in [2.24, 2.45) is 5.92 Å². The van der Waals surface area contributed by atoms with Gasteiger partial charge in [0.15, 0.2) is 11.5 Å². The molecule has 178 valence electrons. The fourth-order valence-corrected chi connectivity index (χ4v) is 6.18. The van der Waals surface area contributed by atoms with E-state index in [2.05, 4.69) is 17.4 Å². The molecule has 0 unspecified atom stereocenters. The SMILES string of the molecule is C[C@@H](NC(=O)N1CCC[C@H]2C(=O)N3CCc4cc5c(cc4[C@@H]3C[C@H]21)OCCO5)c1ccccc1. The number of amides is 3. The van der Waals surface area contributed by atoms with Gasteiger partial charge in [-0.05, 0) is 61.4 Å². The van der Waals surface area contributed by atoms with E-state index in [1.54, 1.807) is 0 Å². The molecule has 1 N–H and O–H groups in total. The summed E-state index contributed by atoms with van der Waals surface area (Å²) in [4.78, 5) is 31.0. The van der Waals surface area contributed by atoms with Crippen molar-refractivity contribution in [3.8, 4) is 11.5 Å². The quantitative estimate of drug-likeness (QED) is 0.738. The number of nitrogens with one attached hydrogen (secondary N) is 1. The van der Waals surface area contributed by atoms with E-state index in [4.69, 9.17) is 9.47 Å². The maximum Gasteiger partial charge on any atom is 0.318 e. The van der Waals surface area contributed by atoms with Crippen LogP contribution in [0.4, 0.5) is 4.79 Å². The molecule has 4 aliphatic rings. The van der Waals surface area contributed by atoms with Crippen LogP contribution in [-0.4, -0.2) is 54.1 Å². The molecular formula is C27H31N3O4. The summed E-state index contributed by atoms with van der Waals surface area (Å²) in [5.41, 5.74) is 3.44. The third-order valence-electron chi connectivity index (χ3n) is 7.91. The van der Waals surface area contributed by atoms with Crippen LogP contribution in [0.5, 0.6) is 11.5 Å². The fraction of sp³-hybridized carbons (Fsp3) is 0.481. The molecule has 2 aromatic carbocycles. The van der Waals surface area contributed by atoms with Gasteiger partial charge >= 0.3 is 6.03 Å². The number of fused-ring (bicyclic) bond motifs is 5. The van der Waals surface area contributed by atoms with E-state index in [9.17, 15) is 9.59 Å².